The molecule has 1 amide bonds. The Morgan fingerprint density at radius 2 is 2.27 bits per heavy atom. The number of aromatic nitrogens is 2. The number of nitrogens with one attached hydrogen (secondary N) is 1. The number of morpholine rings is 1. The van der Waals surface area contributed by atoms with Crippen LogP contribution in [0.15, 0.2) is 29.1 Å². The highest BCUT2D eigenvalue weighted by atomic mass is 16.5. The first-order chi connectivity index (χ1) is 10.6. The summed E-state index contributed by atoms with van der Waals surface area (Å²) in [7, 11) is 0. The highest BCUT2D eigenvalue weighted by Crippen LogP contribution is 2.10. The molecule has 0 spiro atoms. The molecular formula is C16H19N3O3. The monoisotopic (exact) mass is 301 g/mol. The number of ether oxygens (including phenoxy) is 1. The summed E-state index contributed by atoms with van der Waals surface area (Å²) in [6.07, 6.45) is 0.772. The van der Waals surface area contributed by atoms with Gasteiger partial charge in [0.15, 0.2) is 0 Å². The van der Waals surface area contributed by atoms with Gasteiger partial charge in [-0.1, -0.05) is 12.1 Å². The van der Waals surface area contributed by atoms with Crippen LogP contribution in [0.2, 0.25) is 0 Å². The van der Waals surface area contributed by atoms with E-state index < -0.39 is 0 Å². The Labute approximate surface area is 128 Å². The van der Waals surface area contributed by atoms with Crippen molar-refractivity contribution in [2.24, 2.45) is 0 Å². The second-order valence-corrected chi connectivity index (χ2v) is 5.54. The van der Waals surface area contributed by atoms with Crippen molar-refractivity contribution in [3.63, 3.8) is 0 Å². The van der Waals surface area contributed by atoms with Gasteiger partial charge in [-0.2, -0.15) is 0 Å². The summed E-state index contributed by atoms with van der Waals surface area (Å²) >= 11 is 0. The molecule has 3 rings (SSSR count). The highest BCUT2D eigenvalue weighted by molar-refractivity contribution is 5.78. The summed E-state index contributed by atoms with van der Waals surface area (Å²) in [4.78, 5) is 33.3. The van der Waals surface area contributed by atoms with E-state index in [1.165, 1.54) is 0 Å². The van der Waals surface area contributed by atoms with Crippen LogP contribution in [-0.4, -0.2) is 46.6 Å². The van der Waals surface area contributed by atoms with Crippen LogP contribution in [0.1, 0.15) is 19.2 Å². The van der Waals surface area contributed by atoms with Crippen molar-refractivity contribution in [1.82, 2.24) is 14.9 Å². The van der Waals surface area contributed by atoms with Gasteiger partial charge >= 0.3 is 0 Å². The fourth-order valence-electron chi connectivity index (χ4n) is 2.72. The lowest BCUT2D eigenvalue weighted by molar-refractivity contribution is -0.139. The van der Waals surface area contributed by atoms with E-state index in [2.05, 4.69) is 9.97 Å². The van der Waals surface area contributed by atoms with Crippen LogP contribution in [-0.2, 0) is 16.0 Å². The predicted octanol–water partition coefficient (Wildman–Crippen LogP) is 1.10. The van der Waals surface area contributed by atoms with Crippen LogP contribution in [0.5, 0.6) is 0 Å². The maximum absolute atomic E-state index is 12.3. The molecule has 0 unspecified atom stereocenters. The smallest absolute Gasteiger partial charge is 0.258 e. The van der Waals surface area contributed by atoms with Crippen LogP contribution in [0.4, 0.5) is 0 Å². The van der Waals surface area contributed by atoms with Crippen molar-refractivity contribution in [2.75, 3.05) is 19.8 Å². The van der Waals surface area contributed by atoms with Gasteiger partial charge in [0.25, 0.3) is 5.56 Å². The number of carbonyl (C=O) groups is 1. The Kier molecular flexibility index (Phi) is 4.20. The zero-order valence-corrected chi connectivity index (χ0v) is 12.5. The molecule has 1 N–H and O–H groups in total. The van der Waals surface area contributed by atoms with Crippen LogP contribution in [0.25, 0.3) is 10.9 Å². The molecule has 2 aromatic rings. The Balaban J connectivity index is 1.71. The fraction of sp³-hybridized carbons (Fsp3) is 0.438. The highest BCUT2D eigenvalue weighted by Gasteiger charge is 2.23. The summed E-state index contributed by atoms with van der Waals surface area (Å²) in [5.74, 6) is 0.629. The van der Waals surface area contributed by atoms with Crippen LogP contribution >= 0.6 is 0 Å². The normalized spacial score (nSPS) is 18.6. The number of H-pyrrole nitrogens is 1. The molecular weight excluding hydrogens is 282 g/mol. The van der Waals surface area contributed by atoms with E-state index in [1.807, 2.05) is 24.0 Å². The number of rotatable bonds is 3. The van der Waals surface area contributed by atoms with Crippen LogP contribution in [0.3, 0.4) is 0 Å². The first-order valence-corrected chi connectivity index (χ1v) is 7.50. The number of hydrogen-bond donors (Lipinski definition) is 1. The minimum absolute atomic E-state index is 0.0756. The summed E-state index contributed by atoms with van der Waals surface area (Å²) in [6, 6.07) is 7.30. The Hall–Kier alpha value is -2.21. The molecule has 0 radical (unpaired) electrons. The number of carbonyl (C=O) groups excluding carboxylic acids is 1. The lowest BCUT2D eigenvalue weighted by Gasteiger charge is -2.33. The lowest BCUT2D eigenvalue weighted by Crippen LogP contribution is -2.47. The first-order valence-electron chi connectivity index (χ1n) is 7.50. The van der Waals surface area contributed by atoms with Gasteiger partial charge < -0.3 is 14.6 Å². The van der Waals surface area contributed by atoms with Crippen molar-refractivity contribution in [3.05, 3.63) is 40.4 Å². The molecule has 1 aromatic carbocycles. The molecule has 1 fully saturated rings. The third kappa shape index (κ3) is 3.01. The standard InChI is InChI=1S/C16H19N3O3/c1-11-10-22-9-8-19(11)15(20)7-6-14-17-13-5-3-2-4-12(13)16(21)18-14/h2-5,11H,6-10H2,1H3,(H,17,18,21)/t11-/m0/s1. The SMILES string of the molecule is C[C@H]1COCCN1C(=O)CCc1nc2ccccc2c(=O)[nH]1. The average Bonchev–Trinajstić information content (AvgIpc) is 2.53. The van der Waals surface area contributed by atoms with Gasteiger partial charge in [0.1, 0.15) is 5.82 Å². The second-order valence-electron chi connectivity index (χ2n) is 5.54. The molecule has 22 heavy (non-hydrogen) atoms. The summed E-state index contributed by atoms with van der Waals surface area (Å²) in [6.45, 7) is 3.77. The van der Waals surface area contributed by atoms with Gasteiger partial charge in [0.2, 0.25) is 5.91 Å². The van der Waals surface area contributed by atoms with E-state index in [9.17, 15) is 9.59 Å². The van der Waals surface area contributed by atoms with E-state index in [1.54, 1.807) is 12.1 Å². The summed E-state index contributed by atoms with van der Waals surface area (Å²) < 4.78 is 5.34. The number of benzene rings is 1. The fourth-order valence-corrected chi connectivity index (χ4v) is 2.72. The number of hydrogen-bond acceptors (Lipinski definition) is 4. The summed E-state index contributed by atoms with van der Waals surface area (Å²) in [5, 5.41) is 0.569. The lowest BCUT2D eigenvalue weighted by atomic mass is 10.2. The molecule has 1 atom stereocenters. The molecule has 1 aliphatic rings. The third-order valence-corrected chi connectivity index (χ3v) is 3.93. The minimum Gasteiger partial charge on any atom is -0.377 e. The quantitative estimate of drug-likeness (QED) is 0.921. The third-order valence-electron chi connectivity index (χ3n) is 3.93. The molecule has 1 saturated heterocycles. The van der Waals surface area contributed by atoms with Gasteiger partial charge in [-0.15, -0.1) is 0 Å². The molecule has 1 aromatic heterocycles. The molecule has 2 heterocycles. The maximum atomic E-state index is 12.3. The number of amides is 1. The van der Waals surface area contributed by atoms with Crippen molar-refractivity contribution in [2.45, 2.75) is 25.8 Å². The van der Waals surface area contributed by atoms with E-state index in [0.29, 0.717) is 49.3 Å². The topological polar surface area (TPSA) is 75.3 Å². The molecule has 6 heteroatoms. The van der Waals surface area contributed by atoms with Crippen molar-refractivity contribution >= 4 is 16.8 Å². The number of fused-ring (bicyclic) bond motifs is 1. The Bertz CT molecular complexity index is 741. The largest absolute Gasteiger partial charge is 0.377 e. The van der Waals surface area contributed by atoms with Gasteiger partial charge in [-0.3, -0.25) is 9.59 Å². The van der Waals surface area contributed by atoms with Gasteiger partial charge in [-0.25, -0.2) is 4.98 Å². The second kappa shape index (κ2) is 6.27. The van der Waals surface area contributed by atoms with Crippen molar-refractivity contribution in [1.29, 1.82) is 0 Å². The van der Waals surface area contributed by atoms with Gasteiger partial charge in [0, 0.05) is 19.4 Å². The van der Waals surface area contributed by atoms with Crippen LogP contribution in [0, 0.1) is 0 Å². The Morgan fingerprint density at radius 1 is 1.45 bits per heavy atom. The predicted molar refractivity (Wildman–Crippen MR) is 82.7 cm³/mol. The van der Waals surface area contributed by atoms with Gasteiger partial charge in [-0.05, 0) is 19.1 Å². The number of nitrogens with zero attached hydrogens (tertiary/aromatic N) is 2. The minimum atomic E-state index is -0.159. The first kappa shape index (κ1) is 14.7. The number of para-hydroxylation sites is 1. The summed E-state index contributed by atoms with van der Waals surface area (Å²) in [5.41, 5.74) is 0.501. The Morgan fingerprint density at radius 3 is 3.09 bits per heavy atom. The average molecular weight is 301 g/mol. The van der Waals surface area contributed by atoms with Crippen molar-refractivity contribution in [3.8, 4) is 0 Å². The molecule has 0 aliphatic carbocycles. The van der Waals surface area contributed by atoms with E-state index in [4.69, 9.17) is 4.74 Å². The van der Waals surface area contributed by atoms with Crippen molar-refractivity contribution < 1.29 is 9.53 Å². The maximum Gasteiger partial charge on any atom is 0.258 e. The zero-order valence-electron chi connectivity index (χ0n) is 12.5. The molecule has 6 nitrogen and oxygen atoms in total. The van der Waals surface area contributed by atoms with E-state index >= 15 is 0 Å². The molecule has 0 saturated carbocycles. The molecule has 116 valence electrons. The van der Waals surface area contributed by atoms with Crippen LogP contribution < -0.4 is 5.56 Å². The van der Waals surface area contributed by atoms with E-state index in [-0.39, 0.29) is 17.5 Å². The molecule has 1 aliphatic heterocycles. The van der Waals surface area contributed by atoms with Gasteiger partial charge in [0.05, 0.1) is 30.2 Å². The molecule has 0 bridgehead atoms. The zero-order chi connectivity index (χ0) is 15.5. The number of aromatic amines is 1. The number of aryl methyl sites for hydroxylation is 1. The van der Waals surface area contributed by atoms with E-state index in [0.717, 1.165) is 0 Å².